The van der Waals surface area contributed by atoms with Crippen LogP contribution in [0.4, 0.5) is 4.39 Å². The van der Waals surface area contributed by atoms with E-state index >= 15 is 0 Å². The number of hydrogen-bond donors (Lipinski definition) is 2. The van der Waals surface area contributed by atoms with Crippen molar-refractivity contribution in [1.29, 1.82) is 0 Å². The van der Waals surface area contributed by atoms with Gasteiger partial charge in [0.25, 0.3) is 0 Å². The van der Waals surface area contributed by atoms with Crippen molar-refractivity contribution in [1.82, 2.24) is 20.2 Å². The number of piperazine rings is 1. The monoisotopic (exact) mass is 512 g/mol. The van der Waals surface area contributed by atoms with E-state index in [1.54, 1.807) is 18.3 Å². The Labute approximate surface area is 212 Å². The number of benzene rings is 2. The normalized spacial score (nSPS) is 18.9. The van der Waals surface area contributed by atoms with Crippen molar-refractivity contribution >= 4 is 9.84 Å². The summed E-state index contributed by atoms with van der Waals surface area (Å²) in [6.07, 6.45) is 4.55. The maximum atomic E-state index is 14.8. The van der Waals surface area contributed by atoms with E-state index in [1.165, 1.54) is 18.2 Å². The van der Waals surface area contributed by atoms with E-state index in [0.717, 1.165) is 37.0 Å². The number of aromatic nitrogens is 2. The van der Waals surface area contributed by atoms with Gasteiger partial charge in [0.15, 0.2) is 9.84 Å². The maximum Gasteiger partial charge on any atom is 0.179 e. The van der Waals surface area contributed by atoms with Crippen LogP contribution in [0, 0.1) is 5.82 Å². The highest BCUT2D eigenvalue weighted by molar-refractivity contribution is 7.90. The van der Waals surface area contributed by atoms with Gasteiger partial charge in [0.2, 0.25) is 0 Å². The Kier molecular flexibility index (Phi) is 8.02. The second-order valence-electron chi connectivity index (χ2n) is 9.69. The van der Waals surface area contributed by atoms with Gasteiger partial charge in [0, 0.05) is 56.2 Å². The molecule has 1 saturated heterocycles. The van der Waals surface area contributed by atoms with Crippen LogP contribution in [0.25, 0.3) is 11.3 Å². The van der Waals surface area contributed by atoms with E-state index in [9.17, 15) is 17.9 Å². The Morgan fingerprint density at radius 1 is 1.11 bits per heavy atom. The first kappa shape index (κ1) is 26.2. The molecule has 1 fully saturated rings. The fourth-order valence-corrected chi connectivity index (χ4v) is 5.36. The van der Waals surface area contributed by atoms with Crippen LogP contribution in [-0.4, -0.2) is 59.8 Å². The quantitative estimate of drug-likeness (QED) is 0.475. The first-order valence-electron chi connectivity index (χ1n) is 12.2. The molecule has 1 aromatic heterocycles. The minimum absolute atomic E-state index is 0.0710. The highest BCUT2D eigenvalue weighted by atomic mass is 32.2. The molecule has 2 aromatic carbocycles. The second-order valence-corrected chi connectivity index (χ2v) is 11.7. The summed E-state index contributed by atoms with van der Waals surface area (Å²) >= 11 is 0. The van der Waals surface area contributed by atoms with Crippen molar-refractivity contribution in [2.45, 2.75) is 56.6 Å². The molecular formula is C27H33FN4O3S. The average Bonchev–Trinajstić information content (AvgIpc) is 2.83. The lowest BCUT2D eigenvalue weighted by molar-refractivity contribution is 0.139. The van der Waals surface area contributed by atoms with Gasteiger partial charge in [-0.25, -0.2) is 22.8 Å². The van der Waals surface area contributed by atoms with Crippen molar-refractivity contribution in [2.75, 3.05) is 19.3 Å². The summed E-state index contributed by atoms with van der Waals surface area (Å²) in [7, 11) is -3.51. The molecule has 4 rings (SSSR count). The molecule has 0 spiro atoms. The maximum absolute atomic E-state index is 14.8. The summed E-state index contributed by atoms with van der Waals surface area (Å²) in [4.78, 5) is 11.3. The molecule has 2 N–H and O–H groups in total. The van der Waals surface area contributed by atoms with Crippen LogP contribution in [0.5, 0.6) is 5.75 Å². The minimum Gasteiger partial charge on any atom is -0.507 e. The van der Waals surface area contributed by atoms with E-state index in [4.69, 9.17) is 0 Å². The molecule has 1 aliphatic heterocycles. The summed E-state index contributed by atoms with van der Waals surface area (Å²) in [5.41, 5.74) is 2.86. The predicted molar refractivity (Wildman–Crippen MR) is 138 cm³/mol. The SMILES string of the molecule is C[C@H]1CN(Cc2ccc(F)c(-c3ccnc(CCCc4ccc(O)c(S(C)(=O)=O)c4)n3)c2)[C@@H](C)CN1. The number of sulfone groups is 1. The standard InChI is InChI=1S/C27H33FN4O3S/c1-18-16-32(19(2)15-30-18)17-21-7-9-23(28)22(13-21)24-11-12-29-27(31-24)6-4-5-20-8-10-25(33)26(14-20)36(3,34)35/h7-14,18-19,30,33H,4-6,15-17H2,1-3H3/t18-,19-/m0/s1. The van der Waals surface area contributed by atoms with Crippen LogP contribution in [0.15, 0.2) is 53.6 Å². The van der Waals surface area contributed by atoms with Gasteiger partial charge in [-0.3, -0.25) is 4.90 Å². The Balaban J connectivity index is 1.45. The van der Waals surface area contributed by atoms with Crippen molar-refractivity contribution in [3.05, 3.63) is 71.4 Å². The lowest BCUT2D eigenvalue weighted by Gasteiger charge is -2.37. The zero-order valence-corrected chi connectivity index (χ0v) is 21.7. The number of phenolic OH excluding ortho intramolecular Hbond substituents is 1. The Hall–Kier alpha value is -2.88. The second kappa shape index (κ2) is 11.0. The number of nitrogens with one attached hydrogen (secondary N) is 1. The fraction of sp³-hybridized carbons (Fsp3) is 0.407. The molecule has 9 heteroatoms. The molecule has 192 valence electrons. The van der Waals surface area contributed by atoms with Crippen LogP contribution in [-0.2, 0) is 29.2 Å². The van der Waals surface area contributed by atoms with Gasteiger partial charge in [-0.15, -0.1) is 0 Å². The third-order valence-corrected chi connectivity index (χ3v) is 7.71. The molecule has 2 atom stereocenters. The molecule has 0 unspecified atom stereocenters. The molecule has 36 heavy (non-hydrogen) atoms. The number of hydrogen-bond acceptors (Lipinski definition) is 7. The molecule has 0 bridgehead atoms. The molecule has 1 aliphatic rings. The highest BCUT2D eigenvalue weighted by Gasteiger charge is 2.22. The van der Waals surface area contributed by atoms with Crippen molar-refractivity contribution in [3.63, 3.8) is 0 Å². The minimum atomic E-state index is -3.51. The van der Waals surface area contributed by atoms with Crippen LogP contribution < -0.4 is 5.32 Å². The van der Waals surface area contributed by atoms with Gasteiger partial charge in [0.1, 0.15) is 22.3 Å². The van der Waals surface area contributed by atoms with Crippen molar-refractivity contribution < 1.29 is 17.9 Å². The number of aromatic hydroxyl groups is 1. The molecule has 0 amide bonds. The Morgan fingerprint density at radius 2 is 1.89 bits per heavy atom. The topological polar surface area (TPSA) is 95.4 Å². The third kappa shape index (κ3) is 6.46. The molecule has 2 heterocycles. The summed E-state index contributed by atoms with van der Waals surface area (Å²) < 4.78 is 38.5. The fourth-order valence-electron chi connectivity index (χ4n) is 4.55. The number of nitrogens with zero attached hydrogens (tertiary/aromatic N) is 3. The number of halogens is 1. The van der Waals surface area contributed by atoms with Gasteiger partial charge in [-0.2, -0.15) is 0 Å². The molecule has 7 nitrogen and oxygen atoms in total. The van der Waals surface area contributed by atoms with Gasteiger partial charge < -0.3 is 10.4 Å². The average molecular weight is 513 g/mol. The zero-order chi connectivity index (χ0) is 25.9. The van der Waals surface area contributed by atoms with Crippen molar-refractivity contribution in [3.8, 4) is 17.0 Å². The van der Waals surface area contributed by atoms with E-state index < -0.39 is 9.84 Å². The Morgan fingerprint density at radius 3 is 2.67 bits per heavy atom. The smallest absolute Gasteiger partial charge is 0.179 e. The van der Waals surface area contributed by atoms with E-state index in [0.29, 0.717) is 48.4 Å². The van der Waals surface area contributed by atoms with E-state index in [-0.39, 0.29) is 16.5 Å². The van der Waals surface area contributed by atoms with Crippen LogP contribution in [0.2, 0.25) is 0 Å². The molecule has 0 saturated carbocycles. The predicted octanol–water partition coefficient (Wildman–Crippen LogP) is 3.75. The molecule has 0 radical (unpaired) electrons. The highest BCUT2D eigenvalue weighted by Crippen LogP contribution is 2.26. The third-order valence-electron chi connectivity index (χ3n) is 6.58. The Bertz CT molecular complexity index is 1330. The van der Waals surface area contributed by atoms with Crippen LogP contribution in [0.1, 0.15) is 37.2 Å². The first-order valence-corrected chi connectivity index (χ1v) is 14.1. The number of aryl methyl sites for hydroxylation is 2. The van der Waals surface area contributed by atoms with Gasteiger partial charge in [-0.05, 0) is 68.1 Å². The summed E-state index contributed by atoms with van der Waals surface area (Å²) in [5.74, 6) is 0.0361. The zero-order valence-electron chi connectivity index (χ0n) is 20.9. The van der Waals surface area contributed by atoms with Gasteiger partial charge in [0.05, 0.1) is 5.69 Å². The molecule has 3 aromatic rings. The van der Waals surface area contributed by atoms with Crippen LogP contribution in [0.3, 0.4) is 0 Å². The van der Waals surface area contributed by atoms with Crippen molar-refractivity contribution in [2.24, 2.45) is 0 Å². The van der Waals surface area contributed by atoms with E-state index in [1.807, 2.05) is 12.1 Å². The summed E-state index contributed by atoms with van der Waals surface area (Å²) in [6, 6.07) is 12.4. The lowest BCUT2D eigenvalue weighted by atomic mass is 10.0. The largest absolute Gasteiger partial charge is 0.507 e. The summed E-state index contributed by atoms with van der Waals surface area (Å²) in [5, 5.41) is 13.3. The lowest BCUT2D eigenvalue weighted by Crippen LogP contribution is -2.53. The first-order chi connectivity index (χ1) is 17.1. The van der Waals surface area contributed by atoms with Gasteiger partial charge >= 0.3 is 0 Å². The van der Waals surface area contributed by atoms with Crippen LogP contribution >= 0.6 is 0 Å². The van der Waals surface area contributed by atoms with Gasteiger partial charge in [-0.1, -0.05) is 12.1 Å². The summed E-state index contributed by atoms with van der Waals surface area (Å²) in [6.45, 7) is 6.99. The number of rotatable bonds is 8. The van der Waals surface area contributed by atoms with E-state index in [2.05, 4.69) is 34.0 Å². The number of phenols is 1. The molecular weight excluding hydrogens is 479 g/mol. The molecule has 0 aliphatic carbocycles.